The van der Waals surface area contributed by atoms with E-state index in [1.54, 1.807) is 7.05 Å². The molecule has 0 saturated carbocycles. The van der Waals surface area contributed by atoms with E-state index < -0.39 is 0 Å². The molecular formula is C8H16N4O. The summed E-state index contributed by atoms with van der Waals surface area (Å²) in [4.78, 5) is 18.2. The fraction of sp³-hybridized carbons (Fsp3) is 0.625. The summed E-state index contributed by atoms with van der Waals surface area (Å²) in [6.07, 6.45) is 3.62. The molecule has 0 saturated heterocycles. The molecule has 0 radical (unpaired) electrons. The summed E-state index contributed by atoms with van der Waals surface area (Å²) in [5.41, 5.74) is 0. The lowest BCUT2D eigenvalue weighted by atomic mass is 10.5. The molecule has 0 aliphatic carbocycles. The molecule has 0 unspecified atom stereocenters. The van der Waals surface area contributed by atoms with Crippen LogP contribution >= 0.6 is 0 Å². The lowest BCUT2D eigenvalue weighted by Crippen LogP contribution is -2.18. The molecule has 0 aliphatic rings. The number of nitrogens with one attached hydrogen (secondary N) is 2. The normalized spacial score (nSPS) is 11.2. The minimum absolute atomic E-state index is 0.229. The van der Waals surface area contributed by atoms with Gasteiger partial charge in [0.05, 0.1) is 12.9 Å². The van der Waals surface area contributed by atoms with E-state index in [0.717, 1.165) is 13.0 Å². The highest BCUT2D eigenvalue weighted by Gasteiger charge is 1.85. The van der Waals surface area contributed by atoms with Gasteiger partial charge in [-0.05, 0) is 13.0 Å². The van der Waals surface area contributed by atoms with Crippen molar-refractivity contribution in [3.05, 3.63) is 0 Å². The topological polar surface area (TPSA) is 65.8 Å². The van der Waals surface area contributed by atoms with Crippen molar-refractivity contribution in [3.63, 3.8) is 0 Å². The Hall–Kier alpha value is -1.23. The first-order valence-electron chi connectivity index (χ1n) is 4.25. The maximum Gasteiger partial charge on any atom is 0.262 e. The Balaban J connectivity index is 3.40. The SMILES string of the molecule is CCCNC/N=C\N=C\C(=O)NC. The fourth-order valence-electron chi connectivity index (χ4n) is 0.574. The summed E-state index contributed by atoms with van der Waals surface area (Å²) in [6, 6.07) is 0. The van der Waals surface area contributed by atoms with Crippen molar-refractivity contribution >= 4 is 18.5 Å². The van der Waals surface area contributed by atoms with Gasteiger partial charge >= 0.3 is 0 Å². The Labute approximate surface area is 78.3 Å². The van der Waals surface area contributed by atoms with Crippen molar-refractivity contribution in [2.24, 2.45) is 9.98 Å². The van der Waals surface area contributed by atoms with Gasteiger partial charge in [-0.25, -0.2) is 4.99 Å². The summed E-state index contributed by atoms with van der Waals surface area (Å²) in [5, 5.41) is 5.48. The zero-order valence-corrected chi connectivity index (χ0v) is 8.08. The van der Waals surface area contributed by atoms with Crippen LogP contribution in [0.4, 0.5) is 0 Å². The monoisotopic (exact) mass is 184 g/mol. The van der Waals surface area contributed by atoms with Gasteiger partial charge in [0, 0.05) is 7.05 Å². The van der Waals surface area contributed by atoms with Gasteiger partial charge in [-0.3, -0.25) is 15.1 Å². The molecule has 0 fully saturated rings. The number of aliphatic imine (C=N–C) groups is 2. The van der Waals surface area contributed by atoms with Gasteiger partial charge in [0.25, 0.3) is 5.91 Å². The Morgan fingerprint density at radius 2 is 2.31 bits per heavy atom. The average Bonchev–Trinajstić information content (AvgIpc) is 2.16. The minimum atomic E-state index is -0.229. The number of hydrogen-bond donors (Lipinski definition) is 2. The highest BCUT2D eigenvalue weighted by atomic mass is 16.1. The molecule has 0 spiro atoms. The first-order chi connectivity index (χ1) is 6.31. The van der Waals surface area contributed by atoms with Gasteiger partial charge in [0.2, 0.25) is 0 Å². The number of rotatable bonds is 6. The van der Waals surface area contributed by atoms with Crippen LogP contribution in [-0.4, -0.2) is 38.7 Å². The molecule has 0 aliphatic heterocycles. The van der Waals surface area contributed by atoms with Gasteiger partial charge in [-0.2, -0.15) is 0 Å². The van der Waals surface area contributed by atoms with Crippen LogP contribution in [-0.2, 0) is 4.79 Å². The maximum absolute atomic E-state index is 10.6. The van der Waals surface area contributed by atoms with Crippen LogP contribution in [0.15, 0.2) is 9.98 Å². The predicted molar refractivity (Wildman–Crippen MR) is 54.2 cm³/mol. The number of carbonyl (C=O) groups is 1. The first kappa shape index (κ1) is 11.8. The van der Waals surface area contributed by atoms with E-state index in [-0.39, 0.29) is 5.91 Å². The van der Waals surface area contributed by atoms with Crippen LogP contribution in [0.1, 0.15) is 13.3 Å². The molecule has 0 rings (SSSR count). The Kier molecular flexibility index (Phi) is 8.02. The third kappa shape index (κ3) is 8.68. The Bertz CT molecular complexity index is 189. The van der Waals surface area contributed by atoms with Crippen LogP contribution in [0, 0.1) is 0 Å². The van der Waals surface area contributed by atoms with Crippen molar-refractivity contribution in [2.45, 2.75) is 13.3 Å². The highest BCUT2D eigenvalue weighted by molar-refractivity contribution is 6.27. The van der Waals surface area contributed by atoms with Gasteiger partial charge < -0.3 is 5.32 Å². The summed E-state index contributed by atoms with van der Waals surface area (Å²) in [5.74, 6) is -0.229. The molecule has 2 N–H and O–H groups in total. The molecule has 0 heterocycles. The Morgan fingerprint density at radius 3 is 2.92 bits per heavy atom. The van der Waals surface area contributed by atoms with Crippen LogP contribution in [0.5, 0.6) is 0 Å². The average molecular weight is 184 g/mol. The quantitative estimate of drug-likeness (QED) is 0.341. The molecule has 0 bridgehead atoms. The van der Waals surface area contributed by atoms with Gasteiger partial charge in [-0.1, -0.05) is 6.92 Å². The molecule has 5 nitrogen and oxygen atoms in total. The second kappa shape index (κ2) is 8.86. The Morgan fingerprint density at radius 1 is 1.54 bits per heavy atom. The van der Waals surface area contributed by atoms with Crippen molar-refractivity contribution in [3.8, 4) is 0 Å². The van der Waals surface area contributed by atoms with Crippen molar-refractivity contribution in [2.75, 3.05) is 20.3 Å². The number of carbonyl (C=O) groups excluding carboxylic acids is 1. The van der Waals surface area contributed by atoms with Crippen molar-refractivity contribution in [1.82, 2.24) is 10.6 Å². The van der Waals surface area contributed by atoms with E-state index in [4.69, 9.17) is 0 Å². The molecule has 0 aromatic rings. The van der Waals surface area contributed by atoms with E-state index in [0.29, 0.717) is 6.67 Å². The first-order valence-corrected chi connectivity index (χ1v) is 4.25. The van der Waals surface area contributed by atoms with E-state index in [2.05, 4.69) is 27.5 Å². The maximum atomic E-state index is 10.6. The second-order valence-electron chi connectivity index (χ2n) is 2.35. The summed E-state index contributed by atoms with van der Waals surface area (Å²) < 4.78 is 0. The molecule has 13 heavy (non-hydrogen) atoms. The van der Waals surface area contributed by atoms with Crippen LogP contribution in [0.2, 0.25) is 0 Å². The van der Waals surface area contributed by atoms with Crippen LogP contribution in [0.25, 0.3) is 0 Å². The smallest absolute Gasteiger partial charge is 0.262 e. The van der Waals surface area contributed by atoms with Crippen LogP contribution < -0.4 is 10.6 Å². The molecule has 74 valence electrons. The third-order valence-corrected chi connectivity index (χ3v) is 1.22. The van der Waals surface area contributed by atoms with Gasteiger partial charge in [0.1, 0.15) is 6.34 Å². The number of amides is 1. The minimum Gasteiger partial charge on any atom is -0.354 e. The lowest BCUT2D eigenvalue weighted by Gasteiger charge is -1.94. The molecule has 0 aromatic heterocycles. The largest absolute Gasteiger partial charge is 0.354 e. The van der Waals surface area contributed by atoms with E-state index in [1.165, 1.54) is 12.6 Å². The van der Waals surface area contributed by atoms with Crippen molar-refractivity contribution < 1.29 is 4.79 Å². The fourth-order valence-corrected chi connectivity index (χ4v) is 0.574. The highest BCUT2D eigenvalue weighted by Crippen LogP contribution is 1.69. The van der Waals surface area contributed by atoms with E-state index in [1.807, 2.05) is 0 Å². The third-order valence-electron chi connectivity index (χ3n) is 1.22. The number of hydrogen-bond acceptors (Lipinski definition) is 3. The molecule has 5 heteroatoms. The lowest BCUT2D eigenvalue weighted by molar-refractivity contribution is -0.113. The van der Waals surface area contributed by atoms with Crippen LogP contribution in [0.3, 0.4) is 0 Å². The predicted octanol–water partition coefficient (Wildman–Crippen LogP) is -0.211. The zero-order chi connectivity index (χ0) is 9.94. The van der Waals surface area contributed by atoms with Crippen molar-refractivity contribution in [1.29, 1.82) is 0 Å². The second-order valence-corrected chi connectivity index (χ2v) is 2.35. The molecule has 0 aromatic carbocycles. The standard InChI is InChI=1S/C8H16N4O/c1-3-4-10-6-12-7-11-5-8(13)9-2/h5,7,10H,3-4,6H2,1-2H3,(H,9,13)/b11-5+,12-7-. The van der Waals surface area contributed by atoms with E-state index >= 15 is 0 Å². The molecular weight excluding hydrogens is 168 g/mol. The van der Waals surface area contributed by atoms with Gasteiger partial charge in [-0.15, -0.1) is 0 Å². The van der Waals surface area contributed by atoms with E-state index in [9.17, 15) is 4.79 Å². The zero-order valence-electron chi connectivity index (χ0n) is 8.08. The summed E-state index contributed by atoms with van der Waals surface area (Å²) in [6.45, 7) is 3.57. The molecule has 0 atom stereocenters. The van der Waals surface area contributed by atoms with Gasteiger partial charge in [0.15, 0.2) is 0 Å². The summed E-state index contributed by atoms with van der Waals surface area (Å²) in [7, 11) is 1.55. The molecule has 1 amide bonds. The number of nitrogens with zero attached hydrogens (tertiary/aromatic N) is 2. The summed E-state index contributed by atoms with van der Waals surface area (Å²) >= 11 is 0.